The highest BCUT2D eigenvalue weighted by atomic mass is 16.5. The Kier molecular flexibility index (Phi) is 4.23. The standard InChI is InChI=1S/C16H23N3O/c1-5-8-13(17)14-18-15(20-19-14)11-9-6-7-10-12(11)16(2,3)4/h6-7,9-10,13H,5,8,17H2,1-4H3. The monoisotopic (exact) mass is 273 g/mol. The number of aromatic nitrogens is 2. The molecule has 2 N–H and O–H groups in total. The first-order valence-electron chi connectivity index (χ1n) is 7.12. The minimum absolute atomic E-state index is 0.0246. The van der Waals surface area contributed by atoms with Gasteiger partial charge in [-0.3, -0.25) is 0 Å². The lowest BCUT2D eigenvalue weighted by molar-refractivity contribution is 0.412. The SMILES string of the molecule is CCCC(N)c1noc(-c2ccccc2C(C)(C)C)n1. The zero-order chi connectivity index (χ0) is 14.8. The Bertz CT molecular complexity index is 569. The molecule has 0 spiro atoms. The van der Waals surface area contributed by atoms with Gasteiger partial charge in [0, 0.05) is 5.56 Å². The molecule has 0 fully saturated rings. The Hall–Kier alpha value is -1.68. The molecular weight excluding hydrogens is 250 g/mol. The molecule has 0 saturated heterocycles. The summed E-state index contributed by atoms with van der Waals surface area (Å²) < 4.78 is 5.41. The van der Waals surface area contributed by atoms with Crippen LogP contribution in [0.2, 0.25) is 0 Å². The molecule has 0 aliphatic rings. The third-order valence-electron chi connectivity index (χ3n) is 3.34. The fourth-order valence-corrected chi connectivity index (χ4v) is 2.26. The molecule has 2 aromatic rings. The maximum Gasteiger partial charge on any atom is 0.258 e. The first-order valence-corrected chi connectivity index (χ1v) is 7.12. The average molecular weight is 273 g/mol. The summed E-state index contributed by atoms with van der Waals surface area (Å²) in [4.78, 5) is 4.47. The first kappa shape index (κ1) is 14.7. The van der Waals surface area contributed by atoms with Gasteiger partial charge in [0.15, 0.2) is 5.82 Å². The predicted molar refractivity (Wildman–Crippen MR) is 80.3 cm³/mol. The van der Waals surface area contributed by atoms with Crippen LogP contribution in [-0.4, -0.2) is 10.1 Å². The maximum absolute atomic E-state index is 6.04. The van der Waals surface area contributed by atoms with Gasteiger partial charge < -0.3 is 10.3 Å². The number of rotatable bonds is 4. The van der Waals surface area contributed by atoms with Gasteiger partial charge in [0.1, 0.15) is 0 Å². The summed E-state index contributed by atoms with van der Waals surface area (Å²) >= 11 is 0. The van der Waals surface area contributed by atoms with E-state index >= 15 is 0 Å². The van der Waals surface area contributed by atoms with Gasteiger partial charge in [-0.15, -0.1) is 0 Å². The molecule has 108 valence electrons. The van der Waals surface area contributed by atoms with Crippen LogP contribution >= 0.6 is 0 Å². The van der Waals surface area contributed by atoms with Crippen LogP contribution in [0.25, 0.3) is 11.5 Å². The van der Waals surface area contributed by atoms with Gasteiger partial charge in [-0.2, -0.15) is 4.98 Å². The Morgan fingerprint density at radius 2 is 1.95 bits per heavy atom. The Morgan fingerprint density at radius 3 is 2.60 bits per heavy atom. The van der Waals surface area contributed by atoms with Crippen molar-refractivity contribution in [2.24, 2.45) is 5.73 Å². The molecular formula is C16H23N3O. The van der Waals surface area contributed by atoms with Crippen LogP contribution in [-0.2, 0) is 5.41 Å². The predicted octanol–water partition coefficient (Wildman–Crippen LogP) is 3.83. The van der Waals surface area contributed by atoms with Crippen LogP contribution in [0.5, 0.6) is 0 Å². The minimum atomic E-state index is -0.153. The van der Waals surface area contributed by atoms with Crippen LogP contribution in [0.15, 0.2) is 28.8 Å². The molecule has 0 aliphatic heterocycles. The van der Waals surface area contributed by atoms with Crippen molar-refractivity contribution in [2.45, 2.75) is 52.0 Å². The van der Waals surface area contributed by atoms with Gasteiger partial charge in [-0.05, 0) is 23.5 Å². The quantitative estimate of drug-likeness (QED) is 0.919. The third-order valence-corrected chi connectivity index (χ3v) is 3.34. The van der Waals surface area contributed by atoms with Crippen molar-refractivity contribution in [2.75, 3.05) is 0 Å². The van der Waals surface area contributed by atoms with E-state index in [0.29, 0.717) is 11.7 Å². The number of nitrogens with zero attached hydrogens (tertiary/aromatic N) is 2. The van der Waals surface area contributed by atoms with E-state index in [9.17, 15) is 0 Å². The molecule has 0 amide bonds. The molecule has 1 aromatic heterocycles. The molecule has 2 rings (SSSR count). The molecule has 0 aliphatic carbocycles. The van der Waals surface area contributed by atoms with Crippen molar-refractivity contribution in [3.8, 4) is 11.5 Å². The van der Waals surface area contributed by atoms with Gasteiger partial charge in [-0.1, -0.05) is 57.5 Å². The molecule has 0 saturated carbocycles. The van der Waals surface area contributed by atoms with Crippen LogP contribution in [0.1, 0.15) is 58.0 Å². The second-order valence-corrected chi connectivity index (χ2v) is 6.15. The van der Waals surface area contributed by atoms with E-state index in [0.717, 1.165) is 18.4 Å². The van der Waals surface area contributed by atoms with Crippen molar-refractivity contribution in [3.05, 3.63) is 35.7 Å². The average Bonchev–Trinajstić information content (AvgIpc) is 2.87. The lowest BCUT2D eigenvalue weighted by atomic mass is 9.84. The summed E-state index contributed by atoms with van der Waals surface area (Å²) in [5, 5.41) is 4.02. The summed E-state index contributed by atoms with van der Waals surface area (Å²) in [5.41, 5.74) is 8.24. The summed E-state index contributed by atoms with van der Waals surface area (Å²) in [6, 6.07) is 7.98. The highest BCUT2D eigenvalue weighted by Gasteiger charge is 2.22. The molecule has 4 nitrogen and oxygen atoms in total. The number of hydrogen-bond acceptors (Lipinski definition) is 4. The Balaban J connectivity index is 2.38. The van der Waals surface area contributed by atoms with Crippen LogP contribution in [0, 0.1) is 0 Å². The van der Waals surface area contributed by atoms with E-state index in [-0.39, 0.29) is 11.5 Å². The van der Waals surface area contributed by atoms with E-state index in [1.165, 1.54) is 5.56 Å². The topological polar surface area (TPSA) is 64.9 Å². The number of hydrogen-bond donors (Lipinski definition) is 1. The van der Waals surface area contributed by atoms with E-state index < -0.39 is 0 Å². The zero-order valence-corrected chi connectivity index (χ0v) is 12.7. The molecule has 0 bridgehead atoms. The number of nitrogens with two attached hydrogens (primary N) is 1. The van der Waals surface area contributed by atoms with Gasteiger partial charge in [0.05, 0.1) is 6.04 Å². The van der Waals surface area contributed by atoms with Crippen LogP contribution in [0.4, 0.5) is 0 Å². The fraction of sp³-hybridized carbons (Fsp3) is 0.500. The summed E-state index contributed by atoms with van der Waals surface area (Å²) in [5.74, 6) is 1.14. The molecule has 1 atom stereocenters. The zero-order valence-electron chi connectivity index (χ0n) is 12.7. The van der Waals surface area contributed by atoms with E-state index in [4.69, 9.17) is 10.3 Å². The largest absolute Gasteiger partial charge is 0.334 e. The van der Waals surface area contributed by atoms with Crippen molar-refractivity contribution in [3.63, 3.8) is 0 Å². The highest BCUT2D eigenvalue weighted by molar-refractivity contribution is 5.60. The summed E-state index contributed by atoms with van der Waals surface area (Å²) in [6.07, 6.45) is 1.86. The second-order valence-electron chi connectivity index (χ2n) is 6.15. The fourth-order valence-electron chi connectivity index (χ4n) is 2.26. The van der Waals surface area contributed by atoms with Crippen molar-refractivity contribution < 1.29 is 4.52 Å². The molecule has 20 heavy (non-hydrogen) atoms. The molecule has 0 radical (unpaired) electrons. The smallest absolute Gasteiger partial charge is 0.258 e. The van der Waals surface area contributed by atoms with Gasteiger partial charge >= 0.3 is 0 Å². The van der Waals surface area contributed by atoms with Gasteiger partial charge in [-0.25, -0.2) is 0 Å². The summed E-state index contributed by atoms with van der Waals surface area (Å²) in [6.45, 7) is 8.61. The van der Waals surface area contributed by atoms with Crippen molar-refractivity contribution >= 4 is 0 Å². The molecule has 1 aromatic carbocycles. The van der Waals surface area contributed by atoms with Crippen molar-refractivity contribution in [1.82, 2.24) is 10.1 Å². The van der Waals surface area contributed by atoms with E-state index in [1.807, 2.05) is 18.2 Å². The van der Waals surface area contributed by atoms with Gasteiger partial charge in [0.25, 0.3) is 5.89 Å². The lowest BCUT2D eigenvalue weighted by Gasteiger charge is -2.21. The van der Waals surface area contributed by atoms with E-state index in [2.05, 4.69) is 43.9 Å². The highest BCUT2D eigenvalue weighted by Crippen LogP contribution is 2.32. The van der Waals surface area contributed by atoms with E-state index in [1.54, 1.807) is 0 Å². The summed E-state index contributed by atoms with van der Waals surface area (Å²) in [7, 11) is 0. The van der Waals surface area contributed by atoms with Crippen LogP contribution in [0.3, 0.4) is 0 Å². The normalized spacial score (nSPS) is 13.4. The maximum atomic E-state index is 6.04. The second kappa shape index (κ2) is 5.75. The molecule has 4 heteroatoms. The first-order chi connectivity index (χ1) is 9.43. The third kappa shape index (κ3) is 3.07. The molecule has 1 unspecified atom stereocenters. The Morgan fingerprint density at radius 1 is 1.25 bits per heavy atom. The Labute approximate surface area is 120 Å². The number of benzene rings is 1. The lowest BCUT2D eigenvalue weighted by Crippen LogP contribution is -2.13. The minimum Gasteiger partial charge on any atom is -0.334 e. The van der Waals surface area contributed by atoms with Gasteiger partial charge in [0.2, 0.25) is 0 Å². The van der Waals surface area contributed by atoms with Crippen LogP contribution < -0.4 is 5.73 Å². The van der Waals surface area contributed by atoms with Crippen molar-refractivity contribution in [1.29, 1.82) is 0 Å². The molecule has 1 heterocycles.